The van der Waals surface area contributed by atoms with Gasteiger partial charge in [0.2, 0.25) is 6.29 Å². The molecule has 2 heterocycles. The van der Waals surface area contributed by atoms with Gasteiger partial charge in [0.15, 0.2) is 11.5 Å². The molecule has 8 heteroatoms. The maximum Gasteiger partial charge on any atom is 0.229 e. The van der Waals surface area contributed by atoms with Gasteiger partial charge in [-0.05, 0) is 40.5 Å². The van der Waals surface area contributed by atoms with Crippen molar-refractivity contribution < 1.29 is 33.5 Å². The molecule has 0 radical (unpaired) electrons. The van der Waals surface area contributed by atoms with Crippen molar-refractivity contribution in [3.8, 4) is 11.5 Å². The summed E-state index contributed by atoms with van der Waals surface area (Å²) < 4.78 is 38.8. The SMILES string of the molecule is O[C@H]1[C@H](Oc2c(OCc3ccccc3)ccc3[nH]ccc23)O[C@H](COCc2ccccc2)[C@@H](OCc2ccccc2)[C@@H]1OCc1ccccc1. The van der Waals surface area contributed by atoms with Crippen molar-refractivity contribution in [1.29, 1.82) is 0 Å². The number of aliphatic hydroxyl groups is 1. The zero-order valence-corrected chi connectivity index (χ0v) is 27.7. The van der Waals surface area contributed by atoms with Crippen molar-refractivity contribution in [2.75, 3.05) is 6.61 Å². The highest BCUT2D eigenvalue weighted by atomic mass is 16.7. The molecule has 1 saturated heterocycles. The highest BCUT2D eigenvalue weighted by molar-refractivity contribution is 5.88. The molecule has 1 aliphatic heterocycles. The number of hydrogen-bond acceptors (Lipinski definition) is 7. The van der Waals surface area contributed by atoms with Crippen molar-refractivity contribution in [3.63, 3.8) is 0 Å². The van der Waals surface area contributed by atoms with Gasteiger partial charge in [0, 0.05) is 17.1 Å². The molecule has 2 N–H and O–H groups in total. The van der Waals surface area contributed by atoms with Crippen LogP contribution in [0.15, 0.2) is 146 Å². The Morgan fingerprint density at radius 1 is 0.580 bits per heavy atom. The number of ether oxygens (including phenoxy) is 6. The molecular weight excluding hydrogens is 630 g/mol. The highest BCUT2D eigenvalue weighted by Crippen LogP contribution is 2.39. The summed E-state index contributed by atoms with van der Waals surface area (Å²) in [5, 5.41) is 12.8. The summed E-state index contributed by atoms with van der Waals surface area (Å²) in [4.78, 5) is 3.24. The standard InChI is InChI=1S/C42H41NO7/c44-38-41(48-28-33-19-11-4-12-20-33)40(47-27-32-17-9-3-10-18-32)37(29-45-25-30-13-5-1-6-14-30)49-42(38)50-39-34-23-24-43-35(34)21-22-36(39)46-26-31-15-7-2-8-16-31/h1-24,37-38,40-44H,25-29H2/t37-,38-,40-,41-,42+/m1/s1. The Hall–Kier alpha value is -4.96. The fourth-order valence-electron chi connectivity index (χ4n) is 6.09. The van der Waals surface area contributed by atoms with Gasteiger partial charge in [-0.25, -0.2) is 0 Å². The molecular formula is C42H41NO7. The van der Waals surface area contributed by atoms with Gasteiger partial charge >= 0.3 is 0 Å². The molecule has 0 aliphatic carbocycles. The summed E-state index contributed by atoms with van der Waals surface area (Å²) in [5.74, 6) is 0.982. The Balaban J connectivity index is 1.18. The lowest BCUT2D eigenvalue weighted by molar-refractivity contribution is -0.299. The van der Waals surface area contributed by atoms with Crippen LogP contribution in [0.5, 0.6) is 11.5 Å². The van der Waals surface area contributed by atoms with Crippen LogP contribution in [0.2, 0.25) is 0 Å². The first-order valence-electron chi connectivity index (χ1n) is 16.9. The van der Waals surface area contributed by atoms with Gasteiger partial charge < -0.3 is 38.5 Å². The van der Waals surface area contributed by atoms with Crippen LogP contribution in [-0.2, 0) is 45.4 Å². The third-order valence-corrected chi connectivity index (χ3v) is 8.70. The maximum absolute atomic E-state index is 12.0. The van der Waals surface area contributed by atoms with Crippen molar-refractivity contribution in [2.45, 2.75) is 57.1 Å². The Morgan fingerprint density at radius 2 is 1.12 bits per heavy atom. The third kappa shape index (κ3) is 8.42. The van der Waals surface area contributed by atoms with E-state index in [2.05, 4.69) is 4.98 Å². The summed E-state index contributed by atoms with van der Waals surface area (Å²) in [6.07, 6.45) is -2.65. The van der Waals surface area contributed by atoms with Crippen LogP contribution in [0.1, 0.15) is 22.3 Å². The molecule has 5 aromatic carbocycles. The first-order valence-corrected chi connectivity index (χ1v) is 16.9. The van der Waals surface area contributed by atoms with Crippen LogP contribution in [0, 0.1) is 0 Å². The lowest BCUT2D eigenvalue weighted by Crippen LogP contribution is -2.61. The number of aromatic amines is 1. The number of benzene rings is 5. The van der Waals surface area contributed by atoms with E-state index < -0.39 is 30.7 Å². The summed E-state index contributed by atoms with van der Waals surface area (Å²) in [6.45, 7) is 1.47. The smallest absolute Gasteiger partial charge is 0.229 e. The number of H-pyrrole nitrogens is 1. The van der Waals surface area contributed by atoms with E-state index in [0.717, 1.165) is 33.2 Å². The number of hydrogen-bond donors (Lipinski definition) is 2. The molecule has 50 heavy (non-hydrogen) atoms. The van der Waals surface area contributed by atoms with Crippen LogP contribution in [0.4, 0.5) is 0 Å². The minimum Gasteiger partial charge on any atom is -0.485 e. The first kappa shape index (κ1) is 33.5. The van der Waals surface area contributed by atoms with Gasteiger partial charge in [-0.2, -0.15) is 0 Å². The zero-order chi connectivity index (χ0) is 34.0. The number of aliphatic hydroxyl groups excluding tert-OH is 1. The van der Waals surface area contributed by atoms with E-state index in [9.17, 15) is 5.11 Å². The molecule has 1 aromatic heterocycles. The van der Waals surface area contributed by atoms with E-state index in [-0.39, 0.29) is 13.2 Å². The van der Waals surface area contributed by atoms with Crippen molar-refractivity contribution in [3.05, 3.63) is 168 Å². The summed E-state index contributed by atoms with van der Waals surface area (Å²) >= 11 is 0. The van der Waals surface area contributed by atoms with Gasteiger partial charge in [-0.15, -0.1) is 0 Å². The minimum atomic E-state index is -1.22. The topological polar surface area (TPSA) is 91.4 Å². The Morgan fingerprint density at radius 3 is 1.72 bits per heavy atom. The molecule has 0 amide bonds. The molecule has 1 fully saturated rings. The average molecular weight is 672 g/mol. The van der Waals surface area contributed by atoms with Gasteiger partial charge in [-0.3, -0.25) is 0 Å². The van der Waals surface area contributed by atoms with Gasteiger partial charge in [0.05, 0.1) is 26.4 Å². The van der Waals surface area contributed by atoms with Crippen molar-refractivity contribution >= 4 is 10.9 Å². The fraction of sp³-hybridized carbons (Fsp3) is 0.238. The van der Waals surface area contributed by atoms with Crippen LogP contribution in [0.25, 0.3) is 10.9 Å². The van der Waals surface area contributed by atoms with Crippen LogP contribution in [0.3, 0.4) is 0 Å². The van der Waals surface area contributed by atoms with E-state index in [4.69, 9.17) is 28.4 Å². The third-order valence-electron chi connectivity index (χ3n) is 8.70. The predicted octanol–water partition coefficient (Wildman–Crippen LogP) is 7.60. The molecule has 8 nitrogen and oxygen atoms in total. The predicted molar refractivity (Wildman–Crippen MR) is 191 cm³/mol. The quantitative estimate of drug-likeness (QED) is 0.116. The first-order chi connectivity index (χ1) is 24.7. The minimum absolute atomic E-state index is 0.178. The average Bonchev–Trinajstić information content (AvgIpc) is 3.66. The molecule has 256 valence electrons. The summed E-state index contributed by atoms with van der Waals surface area (Å²) in [7, 11) is 0. The number of nitrogens with one attached hydrogen (secondary N) is 1. The van der Waals surface area contributed by atoms with Crippen LogP contribution in [-0.4, -0.2) is 47.4 Å². The second-order valence-corrected chi connectivity index (χ2v) is 12.3. The molecule has 0 saturated carbocycles. The zero-order valence-electron chi connectivity index (χ0n) is 27.7. The van der Waals surface area contributed by atoms with Crippen molar-refractivity contribution in [2.24, 2.45) is 0 Å². The summed E-state index contributed by atoms with van der Waals surface area (Å²) in [5.41, 5.74) is 4.88. The molecule has 0 bridgehead atoms. The lowest BCUT2D eigenvalue weighted by atomic mass is 9.98. The lowest BCUT2D eigenvalue weighted by Gasteiger charge is -2.44. The van der Waals surface area contributed by atoms with Crippen LogP contribution >= 0.6 is 0 Å². The van der Waals surface area contributed by atoms with E-state index in [1.165, 1.54) is 0 Å². The van der Waals surface area contributed by atoms with Gasteiger partial charge in [-0.1, -0.05) is 121 Å². The largest absolute Gasteiger partial charge is 0.485 e. The molecule has 0 spiro atoms. The van der Waals surface area contributed by atoms with Gasteiger partial charge in [0.25, 0.3) is 0 Å². The van der Waals surface area contributed by atoms with Crippen LogP contribution < -0.4 is 9.47 Å². The van der Waals surface area contributed by atoms with E-state index >= 15 is 0 Å². The number of rotatable bonds is 15. The van der Waals surface area contributed by atoms with E-state index in [1.807, 2.05) is 146 Å². The highest BCUT2D eigenvalue weighted by Gasteiger charge is 2.48. The summed E-state index contributed by atoms with van der Waals surface area (Å²) in [6, 6.07) is 45.4. The Bertz CT molecular complexity index is 1890. The monoisotopic (exact) mass is 671 g/mol. The Kier molecular flexibility index (Phi) is 11.2. The van der Waals surface area contributed by atoms with E-state index in [1.54, 1.807) is 0 Å². The number of aromatic nitrogens is 1. The number of fused-ring (bicyclic) bond motifs is 1. The molecule has 5 atom stereocenters. The van der Waals surface area contributed by atoms with Gasteiger partial charge in [0.1, 0.15) is 31.0 Å². The van der Waals surface area contributed by atoms with E-state index in [0.29, 0.717) is 31.3 Å². The Labute approximate surface area is 292 Å². The molecule has 0 unspecified atom stereocenters. The second-order valence-electron chi connectivity index (χ2n) is 12.3. The second kappa shape index (κ2) is 16.6. The molecule has 6 aromatic rings. The normalized spacial score (nSPS) is 20.5. The fourth-order valence-corrected chi connectivity index (χ4v) is 6.09. The molecule has 7 rings (SSSR count). The maximum atomic E-state index is 12.0. The van der Waals surface area contributed by atoms with Crippen molar-refractivity contribution in [1.82, 2.24) is 4.98 Å². The molecule has 1 aliphatic rings.